The van der Waals surface area contributed by atoms with E-state index in [0.717, 1.165) is 11.1 Å². The quantitative estimate of drug-likeness (QED) is 0.807. The molecule has 15 heavy (non-hydrogen) atoms. The number of aromatic nitrogens is 3. The lowest BCUT2D eigenvalue weighted by Crippen LogP contribution is -2.05. The Labute approximate surface area is 88.2 Å². The van der Waals surface area contributed by atoms with Crippen molar-refractivity contribution in [3.63, 3.8) is 0 Å². The molecule has 1 unspecified atom stereocenters. The van der Waals surface area contributed by atoms with Crippen molar-refractivity contribution in [1.29, 1.82) is 0 Å². The Kier molecular flexibility index (Phi) is 2.51. The van der Waals surface area contributed by atoms with Gasteiger partial charge in [0.2, 0.25) is 0 Å². The van der Waals surface area contributed by atoms with E-state index in [4.69, 9.17) is 0 Å². The van der Waals surface area contributed by atoms with Gasteiger partial charge in [0.15, 0.2) is 5.82 Å². The monoisotopic (exact) mass is 203 g/mol. The first kappa shape index (κ1) is 9.86. The van der Waals surface area contributed by atoms with Crippen LogP contribution in [0.15, 0.2) is 30.7 Å². The summed E-state index contributed by atoms with van der Waals surface area (Å²) in [4.78, 5) is 4.22. The van der Waals surface area contributed by atoms with E-state index in [2.05, 4.69) is 10.1 Å². The van der Waals surface area contributed by atoms with Crippen molar-refractivity contribution in [1.82, 2.24) is 14.8 Å². The van der Waals surface area contributed by atoms with Gasteiger partial charge in [-0.3, -0.25) is 0 Å². The molecular formula is C11H13N3O. The fourth-order valence-electron chi connectivity index (χ4n) is 1.46. The minimum Gasteiger partial charge on any atom is -0.389 e. The van der Waals surface area contributed by atoms with Crippen LogP contribution >= 0.6 is 0 Å². The SMILES string of the molecule is Cc1cnn(-c2ncccc2C(C)O)c1. The molecule has 1 N–H and O–H groups in total. The van der Waals surface area contributed by atoms with Gasteiger partial charge in [0, 0.05) is 18.0 Å². The first-order valence-electron chi connectivity index (χ1n) is 4.83. The lowest BCUT2D eigenvalue weighted by atomic mass is 10.1. The van der Waals surface area contributed by atoms with Crippen molar-refractivity contribution >= 4 is 0 Å². The van der Waals surface area contributed by atoms with Gasteiger partial charge in [-0.25, -0.2) is 9.67 Å². The Morgan fingerprint density at radius 2 is 2.27 bits per heavy atom. The molecule has 0 saturated heterocycles. The molecule has 0 amide bonds. The maximum Gasteiger partial charge on any atom is 0.159 e. The Hall–Kier alpha value is -1.68. The van der Waals surface area contributed by atoms with Gasteiger partial charge in [-0.2, -0.15) is 5.10 Å². The molecule has 2 aromatic rings. The molecule has 0 fully saturated rings. The largest absolute Gasteiger partial charge is 0.389 e. The number of aliphatic hydroxyl groups excluding tert-OH is 1. The van der Waals surface area contributed by atoms with Crippen LogP contribution in [0.1, 0.15) is 24.2 Å². The molecule has 1 atom stereocenters. The molecular weight excluding hydrogens is 190 g/mol. The number of aliphatic hydroxyl groups is 1. The predicted octanol–water partition coefficient (Wildman–Crippen LogP) is 1.63. The van der Waals surface area contributed by atoms with E-state index < -0.39 is 6.10 Å². The van der Waals surface area contributed by atoms with Crippen LogP contribution < -0.4 is 0 Å². The minimum absolute atomic E-state index is 0.543. The number of hydrogen-bond acceptors (Lipinski definition) is 3. The van der Waals surface area contributed by atoms with Crippen molar-refractivity contribution in [3.05, 3.63) is 41.9 Å². The Balaban J connectivity index is 2.52. The summed E-state index contributed by atoms with van der Waals surface area (Å²) in [6.45, 7) is 3.69. The highest BCUT2D eigenvalue weighted by Crippen LogP contribution is 2.18. The zero-order chi connectivity index (χ0) is 10.8. The third-order valence-electron chi connectivity index (χ3n) is 2.20. The van der Waals surface area contributed by atoms with E-state index in [1.165, 1.54) is 0 Å². The van der Waals surface area contributed by atoms with Crippen molar-refractivity contribution in [3.8, 4) is 5.82 Å². The third kappa shape index (κ3) is 1.89. The number of aryl methyl sites for hydroxylation is 1. The topological polar surface area (TPSA) is 50.9 Å². The van der Waals surface area contributed by atoms with Gasteiger partial charge in [-0.05, 0) is 25.5 Å². The summed E-state index contributed by atoms with van der Waals surface area (Å²) in [5, 5.41) is 13.8. The smallest absolute Gasteiger partial charge is 0.159 e. The standard InChI is InChI=1S/C11H13N3O/c1-8-6-13-14(7-8)11-10(9(2)15)4-3-5-12-11/h3-7,9,15H,1-2H3. The highest BCUT2D eigenvalue weighted by molar-refractivity contribution is 5.34. The maximum atomic E-state index is 9.59. The summed E-state index contributed by atoms with van der Waals surface area (Å²) in [5.74, 6) is 0.681. The van der Waals surface area contributed by atoms with Crippen LogP contribution in [-0.2, 0) is 0 Å². The van der Waals surface area contributed by atoms with E-state index in [9.17, 15) is 5.11 Å². The Morgan fingerprint density at radius 1 is 1.47 bits per heavy atom. The second kappa shape index (κ2) is 3.82. The minimum atomic E-state index is -0.543. The van der Waals surface area contributed by atoms with Crippen LogP contribution in [0.25, 0.3) is 5.82 Å². The van der Waals surface area contributed by atoms with Gasteiger partial charge in [0.25, 0.3) is 0 Å². The highest BCUT2D eigenvalue weighted by Gasteiger charge is 2.10. The predicted molar refractivity (Wildman–Crippen MR) is 56.7 cm³/mol. The summed E-state index contributed by atoms with van der Waals surface area (Å²) >= 11 is 0. The normalized spacial score (nSPS) is 12.7. The molecule has 4 heteroatoms. The summed E-state index contributed by atoms with van der Waals surface area (Å²) in [6.07, 6.45) is 4.80. The zero-order valence-corrected chi connectivity index (χ0v) is 8.75. The molecule has 0 radical (unpaired) electrons. The van der Waals surface area contributed by atoms with Gasteiger partial charge < -0.3 is 5.11 Å². The second-order valence-electron chi connectivity index (χ2n) is 3.55. The van der Waals surface area contributed by atoms with E-state index >= 15 is 0 Å². The van der Waals surface area contributed by atoms with Gasteiger partial charge in [0.1, 0.15) is 0 Å². The van der Waals surface area contributed by atoms with E-state index in [1.807, 2.05) is 25.3 Å². The first-order valence-corrected chi connectivity index (χ1v) is 4.83. The molecule has 78 valence electrons. The van der Waals surface area contributed by atoms with Crippen LogP contribution in [-0.4, -0.2) is 19.9 Å². The van der Waals surface area contributed by atoms with Crippen molar-refractivity contribution in [2.75, 3.05) is 0 Å². The Morgan fingerprint density at radius 3 is 2.87 bits per heavy atom. The fourth-order valence-corrected chi connectivity index (χ4v) is 1.46. The van der Waals surface area contributed by atoms with Gasteiger partial charge >= 0.3 is 0 Å². The number of nitrogens with zero attached hydrogens (tertiary/aromatic N) is 3. The van der Waals surface area contributed by atoms with Gasteiger partial charge in [-0.1, -0.05) is 6.07 Å². The van der Waals surface area contributed by atoms with Crippen LogP contribution in [0.3, 0.4) is 0 Å². The Bertz CT molecular complexity index is 462. The van der Waals surface area contributed by atoms with Crippen LogP contribution in [0.4, 0.5) is 0 Å². The summed E-state index contributed by atoms with van der Waals surface area (Å²) in [6, 6.07) is 3.66. The molecule has 0 aliphatic carbocycles. The number of hydrogen-bond donors (Lipinski definition) is 1. The molecule has 2 heterocycles. The molecule has 2 aromatic heterocycles. The van der Waals surface area contributed by atoms with Crippen molar-refractivity contribution in [2.45, 2.75) is 20.0 Å². The average Bonchev–Trinajstić information content (AvgIpc) is 2.65. The molecule has 0 aliphatic rings. The molecule has 0 aromatic carbocycles. The summed E-state index contributed by atoms with van der Waals surface area (Å²) in [7, 11) is 0. The van der Waals surface area contributed by atoms with E-state index in [0.29, 0.717) is 5.82 Å². The molecule has 0 saturated carbocycles. The molecule has 0 bridgehead atoms. The first-order chi connectivity index (χ1) is 7.18. The molecule has 0 spiro atoms. The maximum absolute atomic E-state index is 9.59. The number of pyridine rings is 1. The van der Waals surface area contributed by atoms with E-state index in [1.54, 1.807) is 24.0 Å². The lowest BCUT2D eigenvalue weighted by Gasteiger charge is -2.09. The average molecular weight is 203 g/mol. The number of rotatable bonds is 2. The van der Waals surface area contributed by atoms with Crippen LogP contribution in [0, 0.1) is 6.92 Å². The van der Waals surface area contributed by atoms with Gasteiger partial charge in [-0.15, -0.1) is 0 Å². The summed E-state index contributed by atoms with van der Waals surface area (Å²) < 4.78 is 1.68. The molecule has 0 aliphatic heterocycles. The van der Waals surface area contributed by atoms with E-state index in [-0.39, 0.29) is 0 Å². The molecule has 4 nitrogen and oxygen atoms in total. The second-order valence-corrected chi connectivity index (χ2v) is 3.55. The van der Waals surface area contributed by atoms with Crippen LogP contribution in [0.2, 0.25) is 0 Å². The van der Waals surface area contributed by atoms with Crippen LogP contribution in [0.5, 0.6) is 0 Å². The van der Waals surface area contributed by atoms with Crippen molar-refractivity contribution in [2.24, 2.45) is 0 Å². The fraction of sp³-hybridized carbons (Fsp3) is 0.273. The van der Waals surface area contributed by atoms with Gasteiger partial charge in [0.05, 0.1) is 12.3 Å². The lowest BCUT2D eigenvalue weighted by molar-refractivity contribution is 0.198. The van der Waals surface area contributed by atoms with Crippen molar-refractivity contribution < 1.29 is 5.11 Å². The molecule has 2 rings (SSSR count). The third-order valence-corrected chi connectivity index (χ3v) is 2.20. The highest BCUT2D eigenvalue weighted by atomic mass is 16.3. The summed E-state index contributed by atoms with van der Waals surface area (Å²) in [5.41, 5.74) is 1.85. The zero-order valence-electron chi connectivity index (χ0n) is 8.75.